The van der Waals surface area contributed by atoms with Gasteiger partial charge in [-0.25, -0.2) is 12.8 Å². The molecule has 2 aliphatic rings. The number of halogens is 1. The van der Waals surface area contributed by atoms with Crippen molar-refractivity contribution in [1.82, 2.24) is 14.1 Å². The van der Waals surface area contributed by atoms with Gasteiger partial charge >= 0.3 is 0 Å². The summed E-state index contributed by atoms with van der Waals surface area (Å²) in [5.41, 5.74) is 1.05. The van der Waals surface area contributed by atoms with E-state index in [4.69, 9.17) is 4.74 Å². The minimum absolute atomic E-state index is 0.0304. The number of hydrogen-bond acceptors (Lipinski definition) is 5. The third-order valence-electron chi connectivity index (χ3n) is 5.42. The molecule has 2 heterocycles. The minimum Gasteiger partial charge on any atom is -0.492 e. The van der Waals surface area contributed by atoms with Crippen LogP contribution in [0.4, 0.5) is 4.39 Å². The SMILES string of the molecule is O=C(CN1CCOc2ccccc2C1)N1CCN(S(=O)(=O)c2cccc(F)c2)CC1. The van der Waals surface area contributed by atoms with Crippen LogP contribution in [0.2, 0.25) is 0 Å². The van der Waals surface area contributed by atoms with Crippen molar-refractivity contribution in [3.8, 4) is 5.75 Å². The smallest absolute Gasteiger partial charge is 0.243 e. The van der Waals surface area contributed by atoms with Crippen molar-refractivity contribution >= 4 is 15.9 Å². The van der Waals surface area contributed by atoms with Crippen LogP contribution in [0, 0.1) is 5.82 Å². The fraction of sp³-hybridized carbons (Fsp3) is 0.381. The van der Waals surface area contributed by atoms with E-state index in [0.717, 1.165) is 17.4 Å². The Bertz CT molecular complexity index is 1020. The molecule has 2 aromatic carbocycles. The monoisotopic (exact) mass is 433 g/mol. The Morgan fingerprint density at radius 2 is 1.77 bits per heavy atom. The van der Waals surface area contributed by atoms with Crippen LogP contribution >= 0.6 is 0 Å². The quantitative estimate of drug-likeness (QED) is 0.732. The average Bonchev–Trinajstić information content (AvgIpc) is 2.95. The summed E-state index contributed by atoms with van der Waals surface area (Å²) < 4.78 is 45.9. The molecule has 0 bridgehead atoms. The first-order chi connectivity index (χ1) is 14.4. The van der Waals surface area contributed by atoms with Gasteiger partial charge in [-0.3, -0.25) is 9.69 Å². The lowest BCUT2D eigenvalue weighted by atomic mass is 10.2. The number of ether oxygens (including phenoxy) is 1. The Labute approximate surface area is 175 Å². The van der Waals surface area contributed by atoms with E-state index in [1.165, 1.54) is 22.5 Å². The van der Waals surface area contributed by atoms with Crippen molar-refractivity contribution in [3.05, 3.63) is 59.9 Å². The van der Waals surface area contributed by atoms with Crippen molar-refractivity contribution in [3.63, 3.8) is 0 Å². The number of carbonyl (C=O) groups excluding carboxylic acids is 1. The van der Waals surface area contributed by atoms with E-state index in [-0.39, 0.29) is 30.4 Å². The van der Waals surface area contributed by atoms with Crippen LogP contribution in [0.3, 0.4) is 0 Å². The van der Waals surface area contributed by atoms with Crippen LogP contribution < -0.4 is 4.74 Å². The Balaban J connectivity index is 1.34. The fourth-order valence-electron chi connectivity index (χ4n) is 3.76. The number of fused-ring (bicyclic) bond motifs is 1. The molecule has 1 amide bonds. The summed E-state index contributed by atoms with van der Waals surface area (Å²) in [6, 6.07) is 12.8. The zero-order valence-corrected chi connectivity index (χ0v) is 17.4. The van der Waals surface area contributed by atoms with Crippen molar-refractivity contribution < 1.29 is 22.3 Å². The molecule has 0 aliphatic carbocycles. The van der Waals surface area contributed by atoms with E-state index in [0.29, 0.717) is 32.8 Å². The Hall–Kier alpha value is -2.49. The van der Waals surface area contributed by atoms with Crippen LogP contribution in [0.15, 0.2) is 53.4 Å². The van der Waals surface area contributed by atoms with Crippen LogP contribution in [0.5, 0.6) is 5.75 Å². The number of sulfonamides is 1. The van der Waals surface area contributed by atoms with Gasteiger partial charge < -0.3 is 9.64 Å². The zero-order chi connectivity index (χ0) is 21.1. The van der Waals surface area contributed by atoms with Crippen LogP contribution in [0.25, 0.3) is 0 Å². The number of rotatable bonds is 4. The summed E-state index contributed by atoms with van der Waals surface area (Å²) in [6.45, 7) is 3.07. The molecule has 4 rings (SSSR count). The van der Waals surface area contributed by atoms with Crippen LogP contribution in [-0.2, 0) is 21.4 Å². The van der Waals surface area contributed by atoms with Gasteiger partial charge in [-0.2, -0.15) is 4.31 Å². The maximum absolute atomic E-state index is 13.4. The highest BCUT2D eigenvalue weighted by Crippen LogP contribution is 2.23. The summed E-state index contributed by atoms with van der Waals surface area (Å²) in [4.78, 5) is 16.5. The van der Waals surface area contributed by atoms with Gasteiger partial charge in [-0.15, -0.1) is 0 Å². The molecule has 1 fully saturated rings. The Kier molecular flexibility index (Phi) is 6.03. The van der Waals surface area contributed by atoms with E-state index in [9.17, 15) is 17.6 Å². The van der Waals surface area contributed by atoms with E-state index >= 15 is 0 Å². The maximum Gasteiger partial charge on any atom is 0.243 e. The summed E-state index contributed by atoms with van der Waals surface area (Å²) in [7, 11) is -3.77. The number of para-hydroxylation sites is 1. The van der Waals surface area contributed by atoms with Gasteiger partial charge in [-0.05, 0) is 24.3 Å². The summed E-state index contributed by atoms with van der Waals surface area (Å²) in [6.07, 6.45) is 0. The van der Waals surface area contributed by atoms with Gasteiger partial charge in [0.2, 0.25) is 15.9 Å². The number of benzene rings is 2. The molecule has 2 aromatic rings. The highest BCUT2D eigenvalue weighted by molar-refractivity contribution is 7.89. The largest absolute Gasteiger partial charge is 0.492 e. The topological polar surface area (TPSA) is 70.2 Å². The molecule has 160 valence electrons. The molecule has 7 nitrogen and oxygen atoms in total. The van der Waals surface area contributed by atoms with Crippen molar-refractivity contribution in [2.24, 2.45) is 0 Å². The second kappa shape index (κ2) is 8.71. The predicted octanol–water partition coefficient (Wildman–Crippen LogP) is 1.55. The highest BCUT2D eigenvalue weighted by Gasteiger charge is 2.31. The number of piperazine rings is 1. The molecule has 2 aliphatic heterocycles. The molecule has 1 saturated heterocycles. The fourth-order valence-corrected chi connectivity index (χ4v) is 5.21. The van der Waals surface area contributed by atoms with E-state index < -0.39 is 15.8 Å². The lowest BCUT2D eigenvalue weighted by molar-refractivity contribution is -0.133. The first-order valence-corrected chi connectivity index (χ1v) is 11.3. The molecule has 0 N–H and O–H groups in total. The van der Waals surface area contributed by atoms with Gasteiger partial charge in [0, 0.05) is 44.8 Å². The van der Waals surface area contributed by atoms with Crippen molar-refractivity contribution in [2.45, 2.75) is 11.4 Å². The molecule has 9 heteroatoms. The summed E-state index contributed by atoms with van der Waals surface area (Å²) in [5, 5.41) is 0. The van der Waals surface area contributed by atoms with Gasteiger partial charge in [0.15, 0.2) is 0 Å². The molecule has 0 atom stereocenters. The van der Waals surface area contributed by atoms with Gasteiger partial charge in [0.05, 0.1) is 11.4 Å². The number of amides is 1. The zero-order valence-electron chi connectivity index (χ0n) is 16.5. The van der Waals surface area contributed by atoms with Gasteiger partial charge in [0.25, 0.3) is 0 Å². The second-order valence-electron chi connectivity index (χ2n) is 7.41. The van der Waals surface area contributed by atoms with E-state index in [1.54, 1.807) is 4.90 Å². The molecule has 0 unspecified atom stereocenters. The number of carbonyl (C=O) groups is 1. The maximum atomic E-state index is 13.4. The molecule has 30 heavy (non-hydrogen) atoms. The predicted molar refractivity (Wildman–Crippen MR) is 109 cm³/mol. The van der Waals surface area contributed by atoms with Crippen molar-refractivity contribution in [1.29, 1.82) is 0 Å². The third kappa shape index (κ3) is 4.48. The minimum atomic E-state index is -3.77. The summed E-state index contributed by atoms with van der Waals surface area (Å²) in [5.74, 6) is 0.230. The highest BCUT2D eigenvalue weighted by atomic mass is 32.2. The molecule has 0 radical (unpaired) electrons. The van der Waals surface area contributed by atoms with Crippen molar-refractivity contribution in [2.75, 3.05) is 45.9 Å². The lowest BCUT2D eigenvalue weighted by Gasteiger charge is -2.35. The standard InChI is InChI=1S/C21H24FN3O4S/c22-18-5-3-6-19(14-18)30(27,28)25-10-8-24(9-11-25)21(26)16-23-12-13-29-20-7-2-1-4-17(20)15-23/h1-7,14H,8-13,15-16H2. The molecular weight excluding hydrogens is 409 g/mol. The Morgan fingerprint density at radius 1 is 1.00 bits per heavy atom. The normalized spacial score (nSPS) is 18.4. The summed E-state index contributed by atoms with van der Waals surface area (Å²) >= 11 is 0. The van der Waals surface area contributed by atoms with Gasteiger partial charge in [0.1, 0.15) is 18.2 Å². The molecule has 0 saturated carbocycles. The Morgan fingerprint density at radius 3 is 2.53 bits per heavy atom. The second-order valence-corrected chi connectivity index (χ2v) is 9.35. The van der Waals surface area contributed by atoms with E-state index in [2.05, 4.69) is 0 Å². The lowest BCUT2D eigenvalue weighted by Crippen LogP contribution is -2.52. The average molecular weight is 434 g/mol. The molecular formula is C21H24FN3O4S. The van der Waals surface area contributed by atoms with Crippen LogP contribution in [-0.4, -0.2) is 74.3 Å². The molecule has 0 aromatic heterocycles. The van der Waals surface area contributed by atoms with Crippen LogP contribution in [0.1, 0.15) is 5.56 Å². The third-order valence-corrected chi connectivity index (χ3v) is 7.31. The number of nitrogens with zero attached hydrogens (tertiary/aromatic N) is 3. The number of hydrogen-bond donors (Lipinski definition) is 0. The first kappa shape index (κ1) is 20.8. The van der Waals surface area contributed by atoms with Gasteiger partial charge in [-0.1, -0.05) is 24.3 Å². The van der Waals surface area contributed by atoms with E-state index in [1.807, 2.05) is 29.2 Å². The molecule has 0 spiro atoms. The first-order valence-electron chi connectivity index (χ1n) is 9.90.